The van der Waals surface area contributed by atoms with Gasteiger partial charge in [0.15, 0.2) is 5.82 Å². The summed E-state index contributed by atoms with van der Waals surface area (Å²) in [7, 11) is 0. The van der Waals surface area contributed by atoms with Crippen molar-refractivity contribution < 1.29 is 4.39 Å². The summed E-state index contributed by atoms with van der Waals surface area (Å²) in [6.45, 7) is 8.93. The summed E-state index contributed by atoms with van der Waals surface area (Å²) in [5.74, 6) is 0.337. The van der Waals surface area contributed by atoms with Gasteiger partial charge in [-0.05, 0) is 48.0 Å². The highest BCUT2D eigenvalue weighted by atomic mass is 79.9. The van der Waals surface area contributed by atoms with Crippen molar-refractivity contribution in [2.45, 2.75) is 40.3 Å². The molecule has 3 nitrogen and oxygen atoms in total. The highest BCUT2D eigenvalue weighted by Crippen LogP contribution is 2.24. The first-order valence-electron chi connectivity index (χ1n) is 6.91. The fourth-order valence-corrected chi connectivity index (χ4v) is 2.44. The molecule has 0 bridgehead atoms. The SMILES string of the molecule is Cc1nc(-c2ccc(F)c(Br)c2)nc(C)c1CNC(C)C. The van der Waals surface area contributed by atoms with E-state index >= 15 is 0 Å². The molecule has 2 rings (SSSR count). The molecule has 0 fully saturated rings. The third-order valence-corrected chi connectivity index (χ3v) is 3.89. The molecule has 0 saturated carbocycles. The van der Waals surface area contributed by atoms with Crippen LogP contribution in [0.25, 0.3) is 11.4 Å². The molecule has 2 aromatic rings. The maximum Gasteiger partial charge on any atom is 0.159 e. The molecule has 1 aromatic heterocycles. The van der Waals surface area contributed by atoms with Crippen molar-refractivity contribution in [3.63, 3.8) is 0 Å². The van der Waals surface area contributed by atoms with E-state index in [1.165, 1.54) is 6.07 Å². The third-order valence-electron chi connectivity index (χ3n) is 3.29. The second kappa shape index (κ2) is 6.62. The van der Waals surface area contributed by atoms with E-state index in [1.54, 1.807) is 12.1 Å². The van der Waals surface area contributed by atoms with Gasteiger partial charge in [0.1, 0.15) is 5.82 Å². The highest BCUT2D eigenvalue weighted by molar-refractivity contribution is 9.10. The van der Waals surface area contributed by atoms with Crippen molar-refractivity contribution in [2.75, 3.05) is 0 Å². The van der Waals surface area contributed by atoms with Crippen LogP contribution in [0, 0.1) is 19.7 Å². The van der Waals surface area contributed by atoms with E-state index in [-0.39, 0.29) is 5.82 Å². The number of rotatable bonds is 4. The van der Waals surface area contributed by atoms with Gasteiger partial charge in [-0.25, -0.2) is 14.4 Å². The minimum Gasteiger partial charge on any atom is -0.310 e. The van der Waals surface area contributed by atoms with Crippen molar-refractivity contribution in [1.29, 1.82) is 0 Å². The van der Waals surface area contributed by atoms with E-state index in [4.69, 9.17) is 0 Å². The molecule has 0 amide bonds. The lowest BCUT2D eigenvalue weighted by molar-refractivity contribution is 0.583. The Kier molecular flexibility index (Phi) is 5.06. The first-order valence-corrected chi connectivity index (χ1v) is 7.70. The second-order valence-electron chi connectivity index (χ2n) is 5.36. The molecule has 0 atom stereocenters. The van der Waals surface area contributed by atoms with Gasteiger partial charge in [0.2, 0.25) is 0 Å². The maximum atomic E-state index is 13.3. The van der Waals surface area contributed by atoms with Gasteiger partial charge in [-0.15, -0.1) is 0 Å². The van der Waals surface area contributed by atoms with Crippen molar-refractivity contribution >= 4 is 15.9 Å². The van der Waals surface area contributed by atoms with Crippen LogP contribution in [0.2, 0.25) is 0 Å². The summed E-state index contributed by atoms with van der Waals surface area (Å²) in [5, 5.41) is 3.38. The van der Waals surface area contributed by atoms with Crippen LogP contribution in [0.1, 0.15) is 30.8 Å². The van der Waals surface area contributed by atoms with Crippen LogP contribution in [0.15, 0.2) is 22.7 Å². The molecule has 0 radical (unpaired) electrons. The van der Waals surface area contributed by atoms with E-state index in [0.29, 0.717) is 16.3 Å². The van der Waals surface area contributed by atoms with Crippen LogP contribution in [0.4, 0.5) is 4.39 Å². The molecule has 112 valence electrons. The molecule has 0 saturated heterocycles. The van der Waals surface area contributed by atoms with Crippen LogP contribution in [-0.4, -0.2) is 16.0 Å². The largest absolute Gasteiger partial charge is 0.310 e. The number of nitrogens with zero attached hydrogens (tertiary/aromatic N) is 2. The van der Waals surface area contributed by atoms with Crippen molar-refractivity contribution in [1.82, 2.24) is 15.3 Å². The van der Waals surface area contributed by atoms with Gasteiger partial charge >= 0.3 is 0 Å². The molecule has 0 aliphatic heterocycles. The zero-order valence-corrected chi connectivity index (χ0v) is 14.3. The normalized spacial score (nSPS) is 11.2. The minimum absolute atomic E-state index is 0.287. The van der Waals surface area contributed by atoms with E-state index in [0.717, 1.165) is 29.1 Å². The van der Waals surface area contributed by atoms with Gasteiger partial charge < -0.3 is 5.32 Å². The Hall–Kier alpha value is -1.33. The van der Waals surface area contributed by atoms with Gasteiger partial charge in [-0.1, -0.05) is 13.8 Å². The Morgan fingerprint density at radius 2 is 1.81 bits per heavy atom. The van der Waals surface area contributed by atoms with Crippen molar-refractivity contribution in [3.05, 3.63) is 45.4 Å². The fraction of sp³-hybridized carbons (Fsp3) is 0.375. The van der Waals surface area contributed by atoms with Gasteiger partial charge in [0.25, 0.3) is 0 Å². The van der Waals surface area contributed by atoms with Gasteiger partial charge in [-0.3, -0.25) is 0 Å². The zero-order chi connectivity index (χ0) is 15.6. The summed E-state index contributed by atoms with van der Waals surface area (Å²) in [6, 6.07) is 5.23. The lowest BCUT2D eigenvalue weighted by atomic mass is 10.1. The summed E-state index contributed by atoms with van der Waals surface area (Å²) < 4.78 is 13.7. The molecule has 1 heterocycles. The molecule has 1 aromatic carbocycles. The van der Waals surface area contributed by atoms with Gasteiger partial charge in [0, 0.05) is 35.1 Å². The van der Waals surface area contributed by atoms with E-state index in [2.05, 4.69) is 45.1 Å². The highest BCUT2D eigenvalue weighted by Gasteiger charge is 2.11. The number of nitrogens with one attached hydrogen (secondary N) is 1. The Morgan fingerprint density at radius 1 is 1.19 bits per heavy atom. The predicted molar refractivity (Wildman–Crippen MR) is 86.6 cm³/mol. The molecule has 1 N–H and O–H groups in total. The van der Waals surface area contributed by atoms with E-state index in [9.17, 15) is 4.39 Å². The molecule has 0 aliphatic rings. The number of aromatic nitrogens is 2. The summed E-state index contributed by atoms with van der Waals surface area (Å²) in [4.78, 5) is 9.12. The van der Waals surface area contributed by atoms with E-state index in [1.807, 2.05) is 13.8 Å². The van der Waals surface area contributed by atoms with Gasteiger partial charge in [0.05, 0.1) is 4.47 Å². The average molecular weight is 352 g/mol. The molecule has 0 unspecified atom stereocenters. The third kappa shape index (κ3) is 3.86. The predicted octanol–water partition coefficient (Wildman–Crippen LogP) is 4.16. The standard InChI is InChI=1S/C16H19BrFN3/c1-9(2)19-8-13-10(3)20-16(21-11(13)4)12-5-6-15(18)14(17)7-12/h5-7,9,19H,8H2,1-4H3. The average Bonchev–Trinajstić information content (AvgIpc) is 2.40. The van der Waals surface area contributed by atoms with Crippen LogP contribution >= 0.6 is 15.9 Å². The lowest BCUT2D eigenvalue weighted by Crippen LogP contribution is -2.23. The number of hydrogen-bond donors (Lipinski definition) is 1. The Labute approximate surface area is 133 Å². The first kappa shape index (κ1) is 16.0. The second-order valence-corrected chi connectivity index (χ2v) is 6.22. The fourth-order valence-electron chi connectivity index (χ4n) is 2.07. The summed E-state index contributed by atoms with van der Waals surface area (Å²) in [5.41, 5.74) is 3.82. The molecule has 0 spiro atoms. The Morgan fingerprint density at radius 3 is 2.33 bits per heavy atom. The van der Waals surface area contributed by atoms with E-state index < -0.39 is 0 Å². The smallest absolute Gasteiger partial charge is 0.159 e. The Bertz CT molecular complexity index is 633. The van der Waals surface area contributed by atoms with Crippen LogP contribution in [-0.2, 0) is 6.54 Å². The number of benzene rings is 1. The molecule has 21 heavy (non-hydrogen) atoms. The maximum absolute atomic E-state index is 13.3. The monoisotopic (exact) mass is 351 g/mol. The van der Waals surface area contributed by atoms with Gasteiger partial charge in [-0.2, -0.15) is 0 Å². The topological polar surface area (TPSA) is 37.8 Å². The molecule has 0 aliphatic carbocycles. The molecule has 5 heteroatoms. The minimum atomic E-state index is -0.287. The quantitative estimate of drug-likeness (QED) is 0.898. The molecular formula is C16H19BrFN3. The first-order chi connectivity index (χ1) is 9.88. The van der Waals surface area contributed by atoms with Crippen LogP contribution < -0.4 is 5.32 Å². The zero-order valence-electron chi connectivity index (χ0n) is 12.7. The van der Waals surface area contributed by atoms with Crippen molar-refractivity contribution in [3.8, 4) is 11.4 Å². The number of aryl methyl sites for hydroxylation is 2. The number of hydrogen-bond acceptors (Lipinski definition) is 3. The Balaban J connectivity index is 2.36. The van der Waals surface area contributed by atoms with Crippen molar-refractivity contribution in [2.24, 2.45) is 0 Å². The van der Waals surface area contributed by atoms with Crippen LogP contribution in [0.3, 0.4) is 0 Å². The summed E-state index contributed by atoms with van der Waals surface area (Å²) in [6.07, 6.45) is 0. The lowest BCUT2D eigenvalue weighted by Gasteiger charge is -2.13. The summed E-state index contributed by atoms with van der Waals surface area (Å²) >= 11 is 3.20. The number of halogens is 2. The van der Waals surface area contributed by atoms with Crippen LogP contribution in [0.5, 0.6) is 0 Å². The molecular weight excluding hydrogens is 333 g/mol.